The van der Waals surface area contributed by atoms with Crippen LogP contribution in [0.5, 0.6) is 0 Å². The number of thiazole rings is 1. The predicted molar refractivity (Wildman–Crippen MR) is 122 cm³/mol. The first-order chi connectivity index (χ1) is 14.2. The molecular formula is C24H17ClN2OS. The highest BCUT2D eigenvalue weighted by Gasteiger charge is 2.07. The summed E-state index contributed by atoms with van der Waals surface area (Å²) in [6.07, 6.45) is 3.14. The normalized spacial score (nSPS) is 10.9. The molecule has 1 N–H and O–H groups in total. The summed E-state index contributed by atoms with van der Waals surface area (Å²) in [7, 11) is 0. The van der Waals surface area contributed by atoms with Crippen molar-refractivity contribution in [3.8, 4) is 22.4 Å². The Bertz CT molecular complexity index is 1150. The fourth-order valence-electron chi connectivity index (χ4n) is 2.85. The summed E-state index contributed by atoms with van der Waals surface area (Å²) in [6, 6.07) is 25.8. The maximum Gasteiger partial charge on any atom is 0.250 e. The summed E-state index contributed by atoms with van der Waals surface area (Å²) >= 11 is 7.49. The van der Waals surface area contributed by atoms with E-state index >= 15 is 0 Å². The van der Waals surface area contributed by atoms with E-state index in [0.29, 0.717) is 10.2 Å². The molecule has 0 radical (unpaired) electrons. The Kier molecular flexibility index (Phi) is 5.84. The number of carbonyl (C=O) groups excluding carboxylic acids is 1. The van der Waals surface area contributed by atoms with Gasteiger partial charge in [-0.15, -0.1) is 11.3 Å². The van der Waals surface area contributed by atoms with Gasteiger partial charge < -0.3 is 0 Å². The molecule has 5 heteroatoms. The minimum absolute atomic E-state index is 0.245. The second-order valence-corrected chi connectivity index (χ2v) is 7.59. The van der Waals surface area contributed by atoms with Crippen molar-refractivity contribution in [3.63, 3.8) is 0 Å². The molecule has 1 aromatic heterocycles. The van der Waals surface area contributed by atoms with E-state index in [1.807, 2.05) is 53.9 Å². The molecule has 0 saturated heterocycles. The summed E-state index contributed by atoms with van der Waals surface area (Å²) in [4.78, 5) is 16.7. The second-order valence-electron chi connectivity index (χ2n) is 6.33. The molecule has 0 aliphatic heterocycles. The third kappa shape index (κ3) is 4.80. The molecule has 0 spiro atoms. The van der Waals surface area contributed by atoms with Gasteiger partial charge in [0.05, 0.1) is 5.69 Å². The average Bonchev–Trinajstić information content (AvgIpc) is 3.22. The molecule has 1 heterocycles. The van der Waals surface area contributed by atoms with E-state index in [2.05, 4.69) is 34.6 Å². The zero-order chi connectivity index (χ0) is 20.1. The lowest BCUT2D eigenvalue weighted by Crippen LogP contribution is -2.07. The molecule has 3 aromatic carbocycles. The van der Waals surface area contributed by atoms with Gasteiger partial charge in [0.25, 0.3) is 0 Å². The highest BCUT2D eigenvalue weighted by Crippen LogP contribution is 2.27. The monoisotopic (exact) mass is 416 g/mol. The van der Waals surface area contributed by atoms with Gasteiger partial charge in [0.2, 0.25) is 5.91 Å². The van der Waals surface area contributed by atoms with Gasteiger partial charge in [-0.25, -0.2) is 4.98 Å². The first kappa shape index (κ1) is 19.1. The van der Waals surface area contributed by atoms with Crippen molar-refractivity contribution in [2.45, 2.75) is 0 Å². The van der Waals surface area contributed by atoms with Crippen LogP contribution in [0.2, 0.25) is 5.02 Å². The maximum absolute atomic E-state index is 12.2. The predicted octanol–water partition coefficient (Wildman–Crippen LogP) is 6.78. The van der Waals surface area contributed by atoms with E-state index in [4.69, 9.17) is 11.6 Å². The minimum atomic E-state index is -0.245. The summed E-state index contributed by atoms with van der Waals surface area (Å²) in [5.74, 6) is -0.245. The first-order valence-corrected chi connectivity index (χ1v) is 10.3. The number of anilines is 1. The van der Waals surface area contributed by atoms with Crippen molar-refractivity contribution in [1.29, 1.82) is 0 Å². The Balaban J connectivity index is 1.43. The number of benzene rings is 3. The van der Waals surface area contributed by atoms with Crippen molar-refractivity contribution in [2.75, 3.05) is 5.32 Å². The van der Waals surface area contributed by atoms with Gasteiger partial charge in [0.15, 0.2) is 5.13 Å². The van der Waals surface area contributed by atoms with Crippen LogP contribution in [-0.4, -0.2) is 10.9 Å². The van der Waals surface area contributed by atoms with E-state index in [9.17, 15) is 4.79 Å². The van der Waals surface area contributed by atoms with E-state index in [1.54, 1.807) is 12.1 Å². The molecule has 3 nitrogen and oxygen atoms in total. The van der Waals surface area contributed by atoms with E-state index in [-0.39, 0.29) is 5.91 Å². The number of amides is 1. The van der Waals surface area contributed by atoms with Crippen molar-refractivity contribution >= 4 is 40.1 Å². The van der Waals surface area contributed by atoms with Crippen molar-refractivity contribution in [1.82, 2.24) is 4.98 Å². The fourth-order valence-corrected chi connectivity index (χ4v) is 3.77. The molecule has 0 fully saturated rings. The van der Waals surface area contributed by atoms with Gasteiger partial charge in [-0.05, 0) is 28.8 Å². The van der Waals surface area contributed by atoms with Crippen LogP contribution in [0.4, 0.5) is 5.13 Å². The van der Waals surface area contributed by atoms with Crippen LogP contribution in [0.1, 0.15) is 5.56 Å². The van der Waals surface area contributed by atoms with Gasteiger partial charge >= 0.3 is 0 Å². The lowest BCUT2D eigenvalue weighted by atomic mass is 10.0. The highest BCUT2D eigenvalue weighted by atomic mass is 35.5. The number of aromatic nitrogens is 1. The van der Waals surface area contributed by atoms with Gasteiger partial charge in [0.1, 0.15) is 0 Å². The van der Waals surface area contributed by atoms with E-state index < -0.39 is 0 Å². The molecule has 142 valence electrons. The molecule has 29 heavy (non-hydrogen) atoms. The van der Waals surface area contributed by atoms with Gasteiger partial charge in [0, 0.05) is 22.0 Å². The summed E-state index contributed by atoms with van der Waals surface area (Å²) in [5, 5.41) is 5.89. The Morgan fingerprint density at radius 3 is 2.28 bits per heavy atom. The zero-order valence-electron chi connectivity index (χ0n) is 15.4. The van der Waals surface area contributed by atoms with Crippen LogP contribution in [0, 0.1) is 0 Å². The second kappa shape index (κ2) is 8.86. The standard InChI is InChI=1S/C24H17ClN2OS/c25-21-9-5-4-8-19(21)14-15-23(28)27-24-26-22(16-29-24)20-12-10-18(11-13-20)17-6-2-1-3-7-17/h1-16H,(H,26,27,28). The van der Waals surface area contributed by atoms with Crippen LogP contribution in [0.15, 0.2) is 90.3 Å². The molecule has 1 amide bonds. The number of nitrogens with one attached hydrogen (secondary N) is 1. The Morgan fingerprint density at radius 2 is 1.52 bits per heavy atom. The molecule has 0 saturated carbocycles. The summed E-state index contributed by atoms with van der Waals surface area (Å²) < 4.78 is 0. The minimum Gasteiger partial charge on any atom is -0.298 e. The number of hydrogen-bond donors (Lipinski definition) is 1. The lowest BCUT2D eigenvalue weighted by molar-refractivity contribution is -0.111. The maximum atomic E-state index is 12.2. The number of halogens is 1. The Labute approximate surface area is 178 Å². The van der Waals surface area contributed by atoms with Crippen LogP contribution < -0.4 is 5.32 Å². The first-order valence-electron chi connectivity index (χ1n) is 9.04. The van der Waals surface area contributed by atoms with Crippen molar-refractivity contribution < 1.29 is 4.79 Å². The Morgan fingerprint density at radius 1 is 0.862 bits per heavy atom. The fraction of sp³-hybridized carbons (Fsp3) is 0. The van der Waals surface area contributed by atoms with Crippen LogP contribution >= 0.6 is 22.9 Å². The zero-order valence-corrected chi connectivity index (χ0v) is 17.0. The largest absolute Gasteiger partial charge is 0.298 e. The third-order valence-electron chi connectivity index (χ3n) is 4.34. The summed E-state index contributed by atoms with van der Waals surface area (Å²) in [5.41, 5.74) is 4.97. The number of carbonyl (C=O) groups is 1. The quantitative estimate of drug-likeness (QED) is 0.364. The molecule has 0 bridgehead atoms. The molecule has 0 aliphatic rings. The van der Waals surface area contributed by atoms with E-state index in [1.165, 1.54) is 23.0 Å². The van der Waals surface area contributed by atoms with Gasteiger partial charge in [-0.3, -0.25) is 10.1 Å². The van der Waals surface area contributed by atoms with Crippen LogP contribution in [0.25, 0.3) is 28.5 Å². The smallest absolute Gasteiger partial charge is 0.250 e. The molecule has 0 atom stereocenters. The summed E-state index contributed by atoms with van der Waals surface area (Å²) in [6.45, 7) is 0. The third-order valence-corrected chi connectivity index (χ3v) is 5.44. The highest BCUT2D eigenvalue weighted by molar-refractivity contribution is 7.14. The van der Waals surface area contributed by atoms with E-state index in [0.717, 1.165) is 22.4 Å². The SMILES string of the molecule is O=C(C=Cc1ccccc1Cl)Nc1nc(-c2ccc(-c3ccccc3)cc2)cs1. The molecular weight excluding hydrogens is 400 g/mol. The number of rotatable bonds is 5. The van der Waals surface area contributed by atoms with Crippen LogP contribution in [-0.2, 0) is 4.79 Å². The lowest BCUT2D eigenvalue weighted by Gasteiger charge is -2.03. The number of nitrogens with zero attached hydrogens (tertiary/aromatic N) is 1. The molecule has 0 aliphatic carbocycles. The molecule has 0 unspecified atom stereocenters. The van der Waals surface area contributed by atoms with Crippen LogP contribution in [0.3, 0.4) is 0 Å². The average molecular weight is 417 g/mol. The van der Waals surface area contributed by atoms with Crippen molar-refractivity contribution in [2.24, 2.45) is 0 Å². The van der Waals surface area contributed by atoms with Crippen molar-refractivity contribution in [3.05, 3.63) is 101 Å². The molecule has 4 rings (SSSR count). The number of hydrogen-bond acceptors (Lipinski definition) is 3. The van der Waals surface area contributed by atoms with Gasteiger partial charge in [-0.2, -0.15) is 0 Å². The Hall–Kier alpha value is -3.21. The topological polar surface area (TPSA) is 42.0 Å². The van der Waals surface area contributed by atoms with Gasteiger partial charge in [-0.1, -0.05) is 84.4 Å². The molecule has 4 aromatic rings.